The molecule has 2 aliphatic rings. The SMILES string of the molecule is CN=C(NCc1nccn1C(F)F)N1CC2CCCCC2C1.I. The van der Waals surface area contributed by atoms with Crippen molar-refractivity contribution in [2.24, 2.45) is 16.8 Å². The standard InChI is InChI=1S/C15H23F2N5.HI/c1-18-15(20-8-13-19-6-7-22(13)14(16)17)21-9-11-4-2-3-5-12(11)10-21;/h6-7,11-12,14H,2-5,8-10H2,1H3,(H,18,20);1H. The minimum Gasteiger partial charge on any atom is -0.349 e. The molecule has 2 heterocycles. The van der Waals surface area contributed by atoms with Gasteiger partial charge in [-0.25, -0.2) is 4.98 Å². The molecule has 23 heavy (non-hydrogen) atoms. The van der Waals surface area contributed by atoms with Crippen LogP contribution in [0.5, 0.6) is 0 Å². The highest BCUT2D eigenvalue weighted by molar-refractivity contribution is 14.0. The van der Waals surface area contributed by atoms with Gasteiger partial charge in [0.2, 0.25) is 0 Å². The number of alkyl halides is 2. The van der Waals surface area contributed by atoms with Crippen molar-refractivity contribution in [2.75, 3.05) is 20.1 Å². The molecule has 2 unspecified atom stereocenters. The summed E-state index contributed by atoms with van der Waals surface area (Å²) in [6, 6.07) is 0. The summed E-state index contributed by atoms with van der Waals surface area (Å²) in [6.07, 6.45) is 7.95. The molecule has 1 N–H and O–H groups in total. The highest BCUT2D eigenvalue weighted by Crippen LogP contribution is 2.35. The van der Waals surface area contributed by atoms with Gasteiger partial charge in [0.1, 0.15) is 5.82 Å². The first-order valence-corrected chi connectivity index (χ1v) is 7.94. The molecule has 2 atom stereocenters. The van der Waals surface area contributed by atoms with Gasteiger partial charge in [-0.3, -0.25) is 9.56 Å². The monoisotopic (exact) mass is 439 g/mol. The molecule has 1 saturated heterocycles. The summed E-state index contributed by atoms with van der Waals surface area (Å²) in [4.78, 5) is 10.6. The zero-order chi connectivity index (χ0) is 15.5. The molecule has 1 aromatic heterocycles. The van der Waals surface area contributed by atoms with Gasteiger partial charge in [-0.15, -0.1) is 24.0 Å². The van der Waals surface area contributed by atoms with E-state index < -0.39 is 6.55 Å². The number of hydrogen-bond donors (Lipinski definition) is 1. The lowest BCUT2D eigenvalue weighted by Crippen LogP contribution is -2.40. The van der Waals surface area contributed by atoms with Gasteiger partial charge in [-0.05, 0) is 24.7 Å². The normalized spacial score (nSPS) is 24.5. The molecular weight excluding hydrogens is 415 g/mol. The van der Waals surface area contributed by atoms with E-state index in [0.717, 1.165) is 35.5 Å². The molecule has 0 bridgehead atoms. The van der Waals surface area contributed by atoms with Crippen LogP contribution in [-0.2, 0) is 6.54 Å². The predicted octanol–water partition coefficient (Wildman–Crippen LogP) is 3.09. The van der Waals surface area contributed by atoms with Crippen LogP contribution in [0.3, 0.4) is 0 Å². The molecular formula is C15H24F2IN5. The fourth-order valence-electron chi connectivity index (χ4n) is 3.73. The summed E-state index contributed by atoms with van der Waals surface area (Å²) >= 11 is 0. The molecule has 8 heteroatoms. The van der Waals surface area contributed by atoms with Crippen LogP contribution in [0.1, 0.15) is 38.1 Å². The summed E-state index contributed by atoms with van der Waals surface area (Å²) in [6.45, 7) is -0.257. The van der Waals surface area contributed by atoms with E-state index in [1.807, 2.05) is 0 Å². The van der Waals surface area contributed by atoms with Crippen LogP contribution in [0.4, 0.5) is 8.78 Å². The van der Waals surface area contributed by atoms with Crippen molar-refractivity contribution in [3.05, 3.63) is 18.2 Å². The average Bonchev–Trinajstić information content (AvgIpc) is 3.14. The van der Waals surface area contributed by atoms with Gasteiger partial charge in [-0.2, -0.15) is 8.78 Å². The largest absolute Gasteiger partial charge is 0.349 e. The number of nitrogens with one attached hydrogen (secondary N) is 1. The summed E-state index contributed by atoms with van der Waals surface area (Å²) in [5.41, 5.74) is 0. The number of hydrogen-bond acceptors (Lipinski definition) is 2. The molecule has 1 aromatic rings. The first kappa shape index (κ1) is 18.4. The minimum absolute atomic E-state index is 0. The molecule has 1 aliphatic heterocycles. The number of fused-ring (bicyclic) bond motifs is 1. The first-order chi connectivity index (χ1) is 10.7. The number of imidazole rings is 1. The fourth-order valence-corrected chi connectivity index (χ4v) is 3.73. The van der Waals surface area contributed by atoms with E-state index in [1.54, 1.807) is 7.05 Å². The number of rotatable bonds is 3. The van der Waals surface area contributed by atoms with Crippen molar-refractivity contribution < 1.29 is 8.78 Å². The molecule has 1 saturated carbocycles. The highest BCUT2D eigenvalue weighted by atomic mass is 127. The minimum atomic E-state index is -2.56. The van der Waals surface area contributed by atoms with E-state index in [9.17, 15) is 8.78 Å². The summed E-state index contributed by atoms with van der Waals surface area (Å²) in [5, 5.41) is 3.18. The summed E-state index contributed by atoms with van der Waals surface area (Å²) in [7, 11) is 1.74. The molecule has 0 radical (unpaired) electrons. The molecule has 5 nitrogen and oxygen atoms in total. The van der Waals surface area contributed by atoms with Gasteiger partial charge in [0.15, 0.2) is 5.96 Å². The second kappa shape index (κ2) is 8.25. The van der Waals surface area contributed by atoms with Crippen LogP contribution in [0.15, 0.2) is 17.4 Å². The van der Waals surface area contributed by atoms with Crippen molar-refractivity contribution in [2.45, 2.75) is 38.8 Å². The maximum absolute atomic E-state index is 12.8. The Balaban J connectivity index is 0.00000192. The van der Waals surface area contributed by atoms with Crippen LogP contribution in [0.25, 0.3) is 0 Å². The van der Waals surface area contributed by atoms with Crippen molar-refractivity contribution in [3.8, 4) is 0 Å². The average molecular weight is 439 g/mol. The molecule has 0 amide bonds. The summed E-state index contributed by atoms with van der Waals surface area (Å²) < 4.78 is 26.5. The third-order valence-electron chi connectivity index (χ3n) is 4.85. The van der Waals surface area contributed by atoms with Crippen molar-refractivity contribution in [3.63, 3.8) is 0 Å². The number of likely N-dealkylation sites (tertiary alicyclic amines) is 1. The summed E-state index contributed by atoms with van der Waals surface area (Å²) in [5.74, 6) is 2.64. The second-order valence-corrected chi connectivity index (χ2v) is 6.14. The lowest BCUT2D eigenvalue weighted by atomic mass is 9.82. The van der Waals surface area contributed by atoms with Crippen molar-refractivity contribution in [1.29, 1.82) is 0 Å². The molecule has 3 rings (SSSR count). The molecule has 2 fully saturated rings. The zero-order valence-electron chi connectivity index (χ0n) is 13.3. The predicted molar refractivity (Wildman–Crippen MR) is 96.1 cm³/mol. The van der Waals surface area contributed by atoms with Crippen molar-refractivity contribution >= 4 is 29.9 Å². The maximum Gasteiger partial charge on any atom is 0.319 e. The van der Waals surface area contributed by atoms with Gasteiger partial charge in [0.25, 0.3) is 0 Å². The Labute approximate surface area is 152 Å². The fraction of sp³-hybridized carbons (Fsp3) is 0.733. The lowest BCUT2D eigenvalue weighted by Gasteiger charge is -2.22. The van der Waals surface area contributed by atoms with Gasteiger partial charge in [-0.1, -0.05) is 12.8 Å². The topological polar surface area (TPSA) is 45.5 Å². The van der Waals surface area contributed by atoms with E-state index in [4.69, 9.17) is 0 Å². The van der Waals surface area contributed by atoms with Crippen LogP contribution < -0.4 is 5.32 Å². The highest BCUT2D eigenvalue weighted by Gasteiger charge is 2.35. The number of aromatic nitrogens is 2. The van der Waals surface area contributed by atoms with Crippen LogP contribution in [0, 0.1) is 11.8 Å². The Hall–Kier alpha value is -0.930. The Bertz CT molecular complexity index is 520. The van der Waals surface area contributed by atoms with Gasteiger partial charge in [0.05, 0.1) is 6.54 Å². The van der Waals surface area contributed by atoms with Crippen LogP contribution in [-0.4, -0.2) is 40.5 Å². The Morgan fingerprint density at radius 2 is 2.00 bits per heavy atom. The van der Waals surface area contributed by atoms with E-state index in [-0.39, 0.29) is 30.5 Å². The number of aliphatic imine (C=N–C) groups is 1. The third kappa shape index (κ3) is 4.13. The van der Waals surface area contributed by atoms with E-state index in [1.165, 1.54) is 38.1 Å². The number of guanidine groups is 1. The van der Waals surface area contributed by atoms with Crippen LogP contribution in [0.2, 0.25) is 0 Å². The molecule has 130 valence electrons. The lowest BCUT2D eigenvalue weighted by molar-refractivity contribution is 0.0668. The molecule has 0 aromatic carbocycles. The van der Waals surface area contributed by atoms with Crippen LogP contribution >= 0.6 is 24.0 Å². The van der Waals surface area contributed by atoms with Gasteiger partial charge >= 0.3 is 6.55 Å². The smallest absolute Gasteiger partial charge is 0.319 e. The molecule has 1 aliphatic carbocycles. The Morgan fingerprint density at radius 3 is 2.57 bits per heavy atom. The van der Waals surface area contributed by atoms with Crippen molar-refractivity contribution in [1.82, 2.24) is 19.8 Å². The number of halogens is 3. The third-order valence-corrected chi connectivity index (χ3v) is 4.85. The first-order valence-electron chi connectivity index (χ1n) is 7.94. The zero-order valence-corrected chi connectivity index (χ0v) is 15.6. The van der Waals surface area contributed by atoms with E-state index in [0.29, 0.717) is 5.82 Å². The Kier molecular flexibility index (Phi) is 6.60. The van der Waals surface area contributed by atoms with E-state index >= 15 is 0 Å². The maximum atomic E-state index is 12.8. The Morgan fingerprint density at radius 1 is 1.35 bits per heavy atom. The van der Waals surface area contributed by atoms with E-state index in [2.05, 4.69) is 20.2 Å². The van der Waals surface area contributed by atoms with Gasteiger partial charge < -0.3 is 10.2 Å². The van der Waals surface area contributed by atoms with Gasteiger partial charge in [0, 0.05) is 32.5 Å². The second-order valence-electron chi connectivity index (χ2n) is 6.14. The quantitative estimate of drug-likeness (QED) is 0.448. The number of nitrogens with zero attached hydrogens (tertiary/aromatic N) is 4. The molecule has 0 spiro atoms.